The van der Waals surface area contributed by atoms with E-state index in [-0.39, 0.29) is 41.1 Å². The molecule has 0 radical (unpaired) electrons. The van der Waals surface area contributed by atoms with E-state index in [1.165, 1.54) is 11.1 Å². The van der Waals surface area contributed by atoms with E-state index in [1.807, 2.05) is 24.3 Å². The van der Waals surface area contributed by atoms with E-state index in [1.54, 1.807) is 0 Å². The molecule has 36 heavy (non-hydrogen) atoms. The Bertz CT molecular complexity index is 1170. The van der Waals surface area contributed by atoms with Gasteiger partial charge in [-0.15, -0.1) is 0 Å². The Morgan fingerprint density at radius 1 is 1.06 bits per heavy atom. The molecule has 2 atom stereocenters. The highest BCUT2D eigenvalue weighted by atomic mass is 32.2. The van der Waals surface area contributed by atoms with Crippen molar-refractivity contribution in [2.75, 3.05) is 12.3 Å². The molecule has 0 spiro atoms. The zero-order valence-corrected chi connectivity index (χ0v) is 20.7. The van der Waals surface area contributed by atoms with Crippen LogP contribution < -0.4 is 5.73 Å². The van der Waals surface area contributed by atoms with Crippen molar-refractivity contribution in [2.24, 2.45) is 11.7 Å². The highest BCUT2D eigenvalue weighted by molar-refractivity contribution is 7.88. The van der Waals surface area contributed by atoms with Gasteiger partial charge in [-0.1, -0.05) is 48.5 Å². The highest BCUT2D eigenvalue weighted by Gasteiger charge is 2.45. The number of hydroxylamine groups is 1. The summed E-state index contributed by atoms with van der Waals surface area (Å²) in [5, 5.41) is 0. The number of carbonyl (C=O) groups is 1. The summed E-state index contributed by atoms with van der Waals surface area (Å²) < 4.78 is 63.6. The van der Waals surface area contributed by atoms with Crippen molar-refractivity contribution >= 4 is 16.0 Å². The molecule has 10 heteroatoms. The van der Waals surface area contributed by atoms with Gasteiger partial charge in [-0.3, -0.25) is 0 Å². The summed E-state index contributed by atoms with van der Waals surface area (Å²) in [6.45, 7) is -0.346. The topological polar surface area (TPSA) is 89.7 Å². The van der Waals surface area contributed by atoms with E-state index in [0.717, 1.165) is 30.4 Å². The van der Waals surface area contributed by atoms with Crippen LogP contribution in [0.4, 0.5) is 13.2 Å². The van der Waals surface area contributed by atoms with Crippen LogP contribution in [0.15, 0.2) is 48.5 Å². The average molecular weight is 525 g/mol. The van der Waals surface area contributed by atoms with Crippen LogP contribution in [0, 0.1) is 5.92 Å². The van der Waals surface area contributed by atoms with Gasteiger partial charge in [0.15, 0.2) is 0 Å². The Balaban J connectivity index is 1.45. The lowest BCUT2D eigenvalue weighted by molar-refractivity contribution is -0.222. The van der Waals surface area contributed by atoms with E-state index >= 15 is 0 Å². The smallest absolute Gasteiger partial charge is 0.345 e. The molecular weight excluding hydrogens is 493 g/mol. The number of benzene rings is 2. The molecular formula is C26H31F3N2O4S. The minimum absolute atomic E-state index is 0.0118. The van der Waals surface area contributed by atoms with Gasteiger partial charge in [-0.25, -0.2) is 13.2 Å². The van der Waals surface area contributed by atoms with E-state index in [2.05, 4.69) is 29.1 Å². The Hall–Kier alpha value is -2.43. The number of nitrogens with zero attached hydrogens (tertiary/aromatic N) is 1. The Morgan fingerprint density at radius 3 is 2.44 bits per heavy atom. The lowest BCUT2D eigenvalue weighted by atomic mass is 9.76. The first-order chi connectivity index (χ1) is 17.0. The molecule has 2 unspecified atom stereocenters. The van der Waals surface area contributed by atoms with E-state index in [0.29, 0.717) is 19.3 Å². The summed E-state index contributed by atoms with van der Waals surface area (Å²) in [5.74, 6) is -2.82. The van der Waals surface area contributed by atoms with Gasteiger partial charge in [-0.2, -0.15) is 13.2 Å². The van der Waals surface area contributed by atoms with Crippen molar-refractivity contribution in [3.63, 3.8) is 0 Å². The Labute approximate surface area is 209 Å². The number of sulfonamides is 1. The number of fused-ring (bicyclic) bond motifs is 1. The molecule has 2 N–H and O–H groups in total. The van der Waals surface area contributed by atoms with Gasteiger partial charge in [-0.05, 0) is 77.6 Å². The van der Waals surface area contributed by atoms with Crippen LogP contribution in [-0.4, -0.2) is 43.4 Å². The van der Waals surface area contributed by atoms with Gasteiger partial charge >= 0.3 is 12.1 Å². The van der Waals surface area contributed by atoms with E-state index in [4.69, 9.17) is 5.73 Å². The van der Waals surface area contributed by atoms with Gasteiger partial charge in [0.25, 0.3) is 0 Å². The zero-order valence-electron chi connectivity index (χ0n) is 19.9. The standard InChI is InChI=1S/C26H31F3N2O4S/c27-26(28,29)25(32)35-31(36(33,34)17-20-8-9-20)14-4-7-19-10-11-21-12-13-24(30)23(22(21)15-19)16-18-5-2-1-3-6-18/h1-3,5-6,10-11,15,20,23-24H,4,7-9,12-14,16-17,30H2. The van der Waals surface area contributed by atoms with Crippen molar-refractivity contribution < 1.29 is 31.2 Å². The van der Waals surface area contributed by atoms with Crippen LogP contribution >= 0.6 is 0 Å². The first kappa shape index (κ1) is 26.6. The molecule has 2 aromatic carbocycles. The average Bonchev–Trinajstić information content (AvgIpc) is 3.63. The molecule has 2 aliphatic carbocycles. The van der Waals surface area contributed by atoms with Gasteiger partial charge in [0.05, 0.1) is 12.3 Å². The number of hydrogen-bond donors (Lipinski definition) is 1. The maximum atomic E-state index is 12.7. The second-order valence-corrected chi connectivity index (χ2v) is 11.7. The molecule has 0 heterocycles. The molecule has 0 saturated heterocycles. The molecule has 0 aromatic heterocycles. The highest BCUT2D eigenvalue weighted by Crippen LogP contribution is 2.35. The second kappa shape index (κ2) is 10.9. The predicted molar refractivity (Wildman–Crippen MR) is 129 cm³/mol. The van der Waals surface area contributed by atoms with Crippen LogP contribution in [0.25, 0.3) is 0 Å². The van der Waals surface area contributed by atoms with Crippen LogP contribution in [0.2, 0.25) is 0 Å². The maximum Gasteiger partial charge on any atom is 0.492 e. The fourth-order valence-corrected chi connectivity index (χ4v) is 6.40. The summed E-state index contributed by atoms with van der Waals surface area (Å²) in [5.41, 5.74) is 11.0. The number of nitrogens with two attached hydrogens (primary N) is 1. The molecule has 1 fully saturated rings. The molecule has 196 valence electrons. The second-order valence-electron chi connectivity index (χ2n) is 9.76. The summed E-state index contributed by atoms with van der Waals surface area (Å²) in [6, 6.07) is 16.2. The molecule has 0 aliphatic heterocycles. The third kappa shape index (κ3) is 6.86. The van der Waals surface area contributed by atoms with E-state index < -0.39 is 22.2 Å². The molecule has 2 aromatic rings. The van der Waals surface area contributed by atoms with Crippen LogP contribution in [0.5, 0.6) is 0 Å². The van der Waals surface area contributed by atoms with Gasteiger partial charge in [0.1, 0.15) is 0 Å². The summed E-state index contributed by atoms with van der Waals surface area (Å²) in [6.07, 6.45) is -0.700. The van der Waals surface area contributed by atoms with Crippen LogP contribution in [0.3, 0.4) is 0 Å². The molecule has 4 rings (SSSR count). The largest absolute Gasteiger partial charge is 0.492 e. The SMILES string of the molecule is NC1CCc2ccc(CCCN(OC(=O)C(F)(F)F)S(=O)(=O)CC3CC3)cc2C1Cc1ccccc1. The zero-order chi connectivity index (χ0) is 25.9. The number of carbonyl (C=O) groups excluding carboxylic acids is 1. The molecule has 0 bridgehead atoms. The van der Waals surface area contributed by atoms with Gasteiger partial charge in [0.2, 0.25) is 10.0 Å². The van der Waals surface area contributed by atoms with Crippen molar-refractivity contribution in [2.45, 2.75) is 63.1 Å². The molecule has 0 amide bonds. The van der Waals surface area contributed by atoms with Crippen molar-refractivity contribution in [3.05, 3.63) is 70.8 Å². The van der Waals surface area contributed by atoms with Crippen molar-refractivity contribution in [1.82, 2.24) is 4.47 Å². The van der Waals surface area contributed by atoms with Crippen LogP contribution in [0.1, 0.15) is 53.9 Å². The quantitative estimate of drug-likeness (QED) is 0.469. The lowest BCUT2D eigenvalue weighted by Gasteiger charge is -2.32. The third-order valence-electron chi connectivity index (χ3n) is 6.85. The fourth-order valence-electron chi connectivity index (χ4n) is 4.72. The first-order valence-corrected chi connectivity index (χ1v) is 13.8. The number of aryl methyl sites for hydroxylation is 2. The normalized spacial score (nSPS) is 20.2. The van der Waals surface area contributed by atoms with E-state index in [9.17, 15) is 26.4 Å². The summed E-state index contributed by atoms with van der Waals surface area (Å²) >= 11 is 0. The lowest BCUT2D eigenvalue weighted by Crippen LogP contribution is -2.40. The van der Waals surface area contributed by atoms with Gasteiger partial charge in [0, 0.05) is 12.0 Å². The first-order valence-electron chi connectivity index (χ1n) is 12.2. The molecule has 2 aliphatic rings. The Kier molecular flexibility index (Phi) is 8.06. The third-order valence-corrected chi connectivity index (χ3v) is 8.62. The minimum atomic E-state index is -5.28. The monoisotopic (exact) mass is 524 g/mol. The number of hydrogen-bond acceptors (Lipinski definition) is 5. The van der Waals surface area contributed by atoms with Crippen molar-refractivity contribution in [3.8, 4) is 0 Å². The summed E-state index contributed by atoms with van der Waals surface area (Å²) in [7, 11) is -4.16. The molecule has 1 saturated carbocycles. The van der Waals surface area contributed by atoms with Crippen LogP contribution in [-0.2, 0) is 38.9 Å². The van der Waals surface area contributed by atoms with Crippen molar-refractivity contribution in [1.29, 1.82) is 0 Å². The molecule has 6 nitrogen and oxygen atoms in total. The number of rotatable bonds is 10. The fraction of sp³-hybridized carbons (Fsp3) is 0.500. The Morgan fingerprint density at radius 2 is 1.78 bits per heavy atom. The predicted octanol–water partition coefficient (Wildman–Crippen LogP) is 4.28. The minimum Gasteiger partial charge on any atom is -0.345 e. The number of alkyl halides is 3. The van der Waals surface area contributed by atoms with Gasteiger partial charge < -0.3 is 10.6 Å². The maximum absolute atomic E-state index is 12.7. The summed E-state index contributed by atoms with van der Waals surface area (Å²) in [4.78, 5) is 15.7. The number of halogens is 3.